The number of amides is 1. The molecule has 0 spiro atoms. The first-order chi connectivity index (χ1) is 11.7. The molecule has 2 N–H and O–H groups in total. The molecular formula is C19H29N3O3. The number of carbonyl (C=O) groups excluding carboxylic acids is 1. The van der Waals surface area contributed by atoms with Crippen LogP contribution >= 0.6 is 0 Å². The summed E-state index contributed by atoms with van der Waals surface area (Å²) in [6.07, 6.45) is 2.51. The van der Waals surface area contributed by atoms with Crippen molar-refractivity contribution in [2.45, 2.75) is 59.6 Å². The predicted molar refractivity (Wildman–Crippen MR) is 96.1 cm³/mol. The summed E-state index contributed by atoms with van der Waals surface area (Å²) in [6.45, 7) is 11.0. The maximum Gasteiger partial charge on any atom is 0.220 e. The van der Waals surface area contributed by atoms with Crippen LogP contribution in [0.15, 0.2) is 22.8 Å². The van der Waals surface area contributed by atoms with Crippen molar-refractivity contribution in [3.05, 3.63) is 41.1 Å². The zero-order chi connectivity index (χ0) is 18.6. The Hall–Kier alpha value is -2.08. The lowest BCUT2D eigenvalue weighted by Gasteiger charge is -2.21. The van der Waals surface area contributed by atoms with E-state index in [-0.39, 0.29) is 12.5 Å². The molecule has 6 heteroatoms. The summed E-state index contributed by atoms with van der Waals surface area (Å²) in [5, 5.41) is 17.7. The molecule has 0 saturated carbocycles. The van der Waals surface area contributed by atoms with Crippen LogP contribution in [0.4, 0.5) is 0 Å². The average molecular weight is 347 g/mol. The highest BCUT2D eigenvalue weighted by Crippen LogP contribution is 2.20. The quantitative estimate of drug-likeness (QED) is 0.769. The van der Waals surface area contributed by atoms with Gasteiger partial charge in [-0.2, -0.15) is 5.10 Å². The summed E-state index contributed by atoms with van der Waals surface area (Å²) in [5.74, 6) is 0.870. The van der Waals surface area contributed by atoms with E-state index < -0.39 is 5.60 Å². The van der Waals surface area contributed by atoms with E-state index in [1.165, 1.54) is 6.26 Å². The molecule has 0 radical (unpaired) electrons. The normalized spacial score (nSPS) is 13.9. The van der Waals surface area contributed by atoms with Gasteiger partial charge in [-0.1, -0.05) is 13.8 Å². The Morgan fingerprint density at radius 3 is 2.76 bits per heavy atom. The largest absolute Gasteiger partial charge is 0.466 e. The smallest absolute Gasteiger partial charge is 0.220 e. The van der Waals surface area contributed by atoms with Crippen molar-refractivity contribution < 1.29 is 14.3 Å². The van der Waals surface area contributed by atoms with E-state index in [0.29, 0.717) is 24.5 Å². The summed E-state index contributed by atoms with van der Waals surface area (Å²) in [4.78, 5) is 12.2. The van der Waals surface area contributed by atoms with E-state index in [2.05, 4.69) is 31.2 Å². The lowest BCUT2D eigenvalue weighted by atomic mass is 10.0. The molecule has 1 unspecified atom stereocenters. The molecule has 0 aliphatic heterocycles. The molecule has 2 aromatic heterocycles. The third-order valence-electron chi connectivity index (χ3n) is 4.35. The minimum atomic E-state index is -1.22. The first-order valence-electron chi connectivity index (χ1n) is 8.76. The van der Waals surface area contributed by atoms with Gasteiger partial charge in [0.1, 0.15) is 11.4 Å². The molecule has 0 aliphatic carbocycles. The Bertz CT molecular complexity index is 700. The maximum absolute atomic E-state index is 12.2. The lowest BCUT2D eigenvalue weighted by molar-refractivity contribution is -0.122. The van der Waals surface area contributed by atoms with Crippen molar-refractivity contribution in [3.8, 4) is 0 Å². The zero-order valence-corrected chi connectivity index (χ0v) is 15.8. The molecule has 0 aliphatic rings. The summed E-state index contributed by atoms with van der Waals surface area (Å²) < 4.78 is 7.24. The number of furan rings is 1. The average Bonchev–Trinajstić information content (AvgIpc) is 3.14. The Labute approximate surface area is 149 Å². The molecule has 6 nitrogen and oxygen atoms in total. The van der Waals surface area contributed by atoms with Crippen LogP contribution < -0.4 is 5.32 Å². The van der Waals surface area contributed by atoms with Crippen molar-refractivity contribution in [2.24, 2.45) is 5.92 Å². The molecule has 25 heavy (non-hydrogen) atoms. The number of hydrogen-bond donors (Lipinski definition) is 2. The number of aryl methyl sites for hydroxylation is 1. The van der Waals surface area contributed by atoms with Gasteiger partial charge in [-0.05, 0) is 50.8 Å². The van der Waals surface area contributed by atoms with Gasteiger partial charge >= 0.3 is 0 Å². The van der Waals surface area contributed by atoms with Crippen molar-refractivity contribution in [2.75, 3.05) is 6.54 Å². The van der Waals surface area contributed by atoms with Crippen molar-refractivity contribution >= 4 is 5.91 Å². The highest BCUT2D eigenvalue weighted by Gasteiger charge is 2.26. The third kappa shape index (κ3) is 4.95. The Morgan fingerprint density at radius 1 is 1.44 bits per heavy atom. The van der Waals surface area contributed by atoms with Crippen LogP contribution in [-0.4, -0.2) is 27.3 Å². The molecular weight excluding hydrogens is 318 g/mol. The molecule has 1 atom stereocenters. The van der Waals surface area contributed by atoms with Gasteiger partial charge in [-0.3, -0.25) is 9.48 Å². The van der Waals surface area contributed by atoms with Gasteiger partial charge in [0.2, 0.25) is 5.91 Å². The van der Waals surface area contributed by atoms with Crippen molar-refractivity contribution in [1.82, 2.24) is 15.1 Å². The maximum atomic E-state index is 12.2. The SMILES string of the molecule is Cc1nn(CC(C)C)c(C)c1CCC(=O)NCC(C)(O)c1ccco1. The molecule has 0 fully saturated rings. The second-order valence-corrected chi connectivity index (χ2v) is 7.25. The Kier molecular flexibility index (Phi) is 6.06. The molecule has 2 heterocycles. The van der Waals surface area contributed by atoms with Crippen LogP contribution in [0, 0.1) is 19.8 Å². The van der Waals surface area contributed by atoms with E-state index in [0.717, 1.165) is 23.5 Å². The summed E-state index contributed by atoms with van der Waals surface area (Å²) in [5.41, 5.74) is 2.02. The minimum absolute atomic E-state index is 0.0951. The summed E-state index contributed by atoms with van der Waals surface area (Å²) in [7, 11) is 0. The molecule has 2 aromatic rings. The second-order valence-electron chi connectivity index (χ2n) is 7.25. The van der Waals surface area contributed by atoms with Gasteiger partial charge in [0.05, 0.1) is 18.5 Å². The first kappa shape index (κ1) is 19.2. The third-order valence-corrected chi connectivity index (χ3v) is 4.35. The van der Waals surface area contributed by atoms with Crippen LogP contribution in [0.25, 0.3) is 0 Å². The number of nitrogens with one attached hydrogen (secondary N) is 1. The van der Waals surface area contributed by atoms with E-state index >= 15 is 0 Å². The zero-order valence-electron chi connectivity index (χ0n) is 15.8. The molecule has 138 valence electrons. The monoisotopic (exact) mass is 347 g/mol. The fraction of sp³-hybridized carbons (Fsp3) is 0.579. The highest BCUT2D eigenvalue weighted by atomic mass is 16.4. The molecule has 0 aromatic carbocycles. The van der Waals surface area contributed by atoms with E-state index in [9.17, 15) is 9.90 Å². The highest BCUT2D eigenvalue weighted by molar-refractivity contribution is 5.76. The van der Waals surface area contributed by atoms with Gasteiger partial charge in [0, 0.05) is 18.7 Å². The number of hydrogen-bond acceptors (Lipinski definition) is 4. The second kappa shape index (κ2) is 7.87. The van der Waals surface area contributed by atoms with Gasteiger partial charge in [0.25, 0.3) is 0 Å². The van der Waals surface area contributed by atoms with Crippen LogP contribution in [0.5, 0.6) is 0 Å². The van der Waals surface area contributed by atoms with Gasteiger partial charge in [-0.25, -0.2) is 0 Å². The van der Waals surface area contributed by atoms with Crippen LogP contribution in [0.1, 0.15) is 49.9 Å². The molecule has 0 bridgehead atoms. The molecule has 2 rings (SSSR count). The van der Waals surface area contributed by atoms with E-state index in [1.54, 1.807) is 19.1 Å². The summed E-state index contributed by atoms with van der Waals surface area (Å²) >= 11 is 0. The lowest BCUT2D eigenvalue weighted by Crippen LogP contribution is -2.38. The molecule has 1 amide bonds. The number of aromatic nitrogens is 2. The number of rotatable bonds is 8. The number of carbonyl (C=O) groups is 1. The van der Waals surface area contributed by atoms with Crippen LogP contribution in [0.3, 0.4) is 0 Å². The Morgan fingerprint density at radius 2 is 2.16 bits per heavy atom. The van der Waals surface area contributed by atoms with Crippen LogP contribution in [0.2, 0.25) is 0 Å². The number of aliphatic hydroxyl groups is 1. The van der Waals surface area contributed by atoms with Gasteiger partial charge < -0.3 is 14.8 Å². The van der Waals surface area contributed by atoms with E-state index in [1.807, 2.05) is 11.6 Å². The predicted octanol–water partition coefficient (Wildman–Crippen LogP) is 2.71. The van der Waals surface area contributed by atoms with Gasteiger partial charge in [-0.15, -0.1) is 0 Å². The van der Waals surface area contributed by atoms with Crippen molar-refractivity contribution in [1.29, 1.82) is 0 Å². The topological polar surface area (TPSA) is 80.3 Å². The number of nitrogens with zero attached hydrogens (tertiary/aromatic N) is 2. The summed E-state index contributed by atoms with van der Waals surface area (Å²) in [6, 6.07) is 3.41. The Balaban J connectivity index is 1.89. The standard InChI is InChI=1S/C19H29N3O3/c1-13(2)11-22-15(4)16(14(3)21-22)8-9-18(23)20-12-19(5,24)17-7-6-10-25-17/h6-7,10,13,24H,8-9,11-12H2,1-5H3,(H,20,23). The van der Waals surface area contributed by atoms with Crippen molar-refractivity contribution in [3.63, 3.8) is 0 Å². The minimum Gasteiger partial charge on any atom is -0.466 e. The van der Waals surface area contributed by atoms with Crippen LogP contribution in [-0.2, 0) is 23.4 Å². The van der Waals surface area contributed by atoms with E-state index in [4.69, 9.17) is 4.42 Å². The van der Waals surface area contributed by atoms with Gasteiger partial charge in [0.15, 0.2) is 0 Å². The molecule has 0 saturated heterocycles. The first-order valence-corrected chi connectivity index (χ1v) is 8.76. The fourth-order valence-electron chi connectivity index (χ4n) is 2.89. The fourth-order valence-corrected chi connectivity index (χ4v) is 2.89.